The number of rotatable bonds is 4. The zero-order valence-electron chi connectivity index (χ0n) is 14.8. The van der Waals surface area contributed by atoms with E-state index in [1.165, 1.54) is 23.1 Å². The van der Waals surface area contributed by atoms with Crippen molar-refractivity contribution in [2.45, 2.75) is 25.6 Å². The molecule has 1 atom stereocenters. The smallest absolute Gasteiger partial charge is 0.356 e. The van der Waals surface area contributed by atoms with Gasteiger partial charge in [0.2, 0.25) is 0 Å². The monoisotopic (exact) mass is 378 g/mol. The zero-order valence-corrected chi connectivity index (χ0v) is 14.8. The first-order valence-corrected chi connectivity index (χ1v) is 8.43. The fourth-order valence-electron chi connectivity index (χ4n) is 2.93. The number of nitrogens with one attached hydrogen (secondary N) is 1. The number of halogens is 5. The summed E-state index contributed by atoms with van der Waals surface area (Å²) in [7, 11) is 1.57. The van der Waals surface area contributed by atoms with E-state index in [9.17, 15) is 22.0 Å². The standard InChI is InChI=1S/C17H23F5N4/c1-12(17(20,21)22)25-8-10-26(11-9-25)16(23-2)24-7-6-13-14(18)4-3-5-15(13)19/h3-5,12H,6-11H2,1-2H3,(H,23,24). The van der Waals surface area contributed by atoms with Gasteiger partial charge in [-0.15, -0.1) is 0 Å². The van der Waals surface area contributed by atoms with Crippen LogP contribution in [0.25, 0.3) is 0 Å². The molecule has 26 heavy (non-hydrogen) atoms. The minimum Gasteiger partial charge on any atom is -0.356 e. The van der Waals surface area contributed by atoms with E-state index in [0.717, 1.165) is 6.92 Å². The Kier molecular flexibility index (Phi) is 6.80. The molecule has 9 heteroatoms. The predicted molar refractivity (Wildman–Crippen MR) is 90.1 cm³/mol. The molecule has 1 aromatic rings. The van der Waals surface area contributed by atoms with Crippen LogP contribution in [0.5, 0.6) is 0 Å². The summed E-state index contributed by atoms with van der Waals surface area (Å²) in [5.74, 6) is -0.686. The van der Waals surface area contributed by atoms with Gasteiger partial charge in [-0.2, -0.15) is 13.2 Å². The van der Waals surface area contributed by atoms with Crippen molar-refractivity contribution < 1.29 is 22.0 Å². The van der Waals surface area contributed by atoms with E-state index in [1.807, 2.05) is 4.90 Å². The van der Waals surface area contributed by atoms with Crippen LogP contribution in [0.3, 0.4) is 0 Å². The van der Waals surface area contributed by atoms with Crippen LogP contribution in [0.2, 0.25) is 0 Å². The summed E-state index contributed by atoms with van der Waals surface area (Å²) >= 11 is 0. The summed E-state index contributed by atoms with van der Waals surface area (Å²) in [5.41, 5.74) is -0.000672. The fourth-order valence-corrected chi connectivity index (χ4v) is 2.93. The van der Waals surface area contributed by atoms with E-state index in [4.69, 9.17) is 0 Å². The molecule has 1 N–H and O–H groups in total. The lowest BCUT2D eigenvalue weighted by Gasteiger charge is -2.39. The normalized spacial score (nSPS) is 18.1. The van der Waals surface area contributed by atoms with E-state index in [-0.39, 0.29) is 31.6 Å². The van der Waals surface area contributed by atoms with Gasteiger partial charge in [0.1, 0.15) is 17.7 Å². The Bertz CT molecular complexity index is 604. The molecule has 0 aliphatic carbocycles. The molecule has 0 saturated carbocycles. The number of guanidine groups is 1. The van der Waals surface area contributed by atoms with Gasteiger partial charge in [-0.3, -0.25) is 9.89 Å². The van der Waals surface area contributed by atoms with Crippen molar-refractivity contribution >= 4 is 5.96 Å². The van der Waals surface area contributed by atoms with Gasteiger partial charge in [-0.25, -0.2) is 8.78 Å². The number of alkyl halides is 3. The van der Waals surface area contributed by atoms with E-state index in [0.29, 0.717) is 19.0 Å². The highest BCUT2D eigenvalue weighted by atomic mass is 19.4. The molecule has 1 aliphatic heterocycles. The second-order valence-electron chi connectivity index (χ2n) is 6.16. The van der Waals surface area contributed by atoms with Crippen LogP contribution in [0, 0.1) is 11.6 Å². The number of benzene rings is 1. The highest BCUT2D eigenvalue weighted by molar-refractivity contribution is 5.80. The molecule has 4 nitrogen and oxygen atoms in total. The van der Waals surface area contributed by atoms with Crippen molar-refractivity contribution in [1.29, 1.82) is 0 Å². The lowest BCUT2D eigenvalue weighted by molar-refractivity contribution is -0.181. The number of nitrogens with zero attached hydrogens (tertiary/aromatic N) is 3. The van der Waals surface area contributed by atoms with Gasteiger partial charge in [0.05, 0.1) is 0 Å². The largest absolute Gasteiger partial charge is 0.403 e. The van der Waals surface area contributed by atoms with Gasteiger partial charge < -0.3 is 10.2 Å². The van der Waals surface area contributed by atoms with E-state index >= 15 is 0 Å². The Morgan fingerprint density at radius 1 is 1.15 bits per heavy atom. The first-order valence-electron chi connectivity index (χ1n) is 8.43. The van der Waals surface area contributed by atoms with Crippen LogP contribution >= 0.6 is 0 Å². The number of piperazine rings is 1. The predicted octanol–water partition coefficient (Wildman–Crippen LogP) is 2.65. The van der Waals surface area contributed by atoms with Crippen LogP contribution in [-0.4, -0.2) is 67.7 Å². The summed E-state index contributed by atoms with van der Waals surface area (Å²) in [6, 6.07) is 2.23. The molecular formula is C17H23F5N4. The second kappa shape index (κ2) is 8.66. The van der Waals surface area contributed by atoms with Gasteiger partial charge in [0.25, 0.3) is 0 Å². The van der Waals surface area contributed by atoms with Crippen molar-refractivity contribution in [1.82, 2.24) is 15.1 Å². The molecule has 0 amide bonds. The third-order valence-corrected chi connectivity index (χ3v) is 4.57. The Morgan fingerprint density at radius 2 is 1.73 bits per heavy atom. The summed E-state index contributed by atoms with van der Waals surface area (Å²) in [6.45, 7) is 2.75. The maximum Gasteiger partial charge on any atom is 0.403 e. The Balaban J connectivity index is 1.85. The third-order valence-electron chi connectivity index (χ3n) is 4.57. The van der Waals surface area contributed by atoms with Crippen molar-refractivity contribution in [3.63, 3.8) is 0 Å². The maximum atomic E-state index is 13.6. The van der Waals surface area contributed by atoms with E-state index < -0.39 is 23.9 Å². The van der Waals surface area contributed by atoms with Gasteiger partial charge in [0.15, 0.2) is 5.96 Å². The van der Waals surface area contributed by atoms with E-state index in [2.05, 4.69) is 10.3 Å². The molecule has 0 spiro atoms. The molecule has 0 aromatic heterocycles. The lowest BCUT2D eigenvalue weighted by Crippen LogP contribution is -2.56. The minimum atomic E-state index is -4.24. The van der Waals surface area contributed by atoms with Gasteiger partial charge in [0, 0.05) is 45.3 Å². The van der Waals surface area contributed by atoms with Gasteiger partial charge in [-0.1, -0.05) is 6.07 Å². The van der Waals surface area contributed by atoms with Gasteiger partial charge >= 0.3 is 6.18 Å². The SMILES string of the molecule is CN=C(NCCc1c(F)cccc1F)N1CCN(C(C)C(F)(F)F)CC1. The Labute approximate surface area is 149 Å². The Morgan fingerprint density at radius 3 is 2.23 bits per heavy atom. The van der Waals surface area contributed by atoms with Crippen molar-refractivity contribution in [3.8, 4) is 0 Å². The minimum absolute atomic E-state index is 0.000672. The van der Waals surface area contributed by atoms with E-state index in [1.54, 1.807) is 7.05 Å². The average molecular weight is 378 g/mol. The molecule has 146 valence electrons. The molecule has 1 aromatic carbocycles. The first kappa shape index (κ1) is 20.4. The van der Waals surface area contributed by atoms with Crippen LogP contribution in [-0.2, 0) is 6.42 Å². The topological polar surface area (TPSA) is 30.9 Å². The lowest BCUT2D eigenvalue weighted by atomic mass is 10.1. The zero-order chi connectivity index (χ0) is 19.3. The van der Waals surface area contributed by atoms with Crippen LogP contribution < -0.4 is 5.32 Å². The Hall–Kier alpha value is -1.90. The molecule has 1 fully saturated rings. The fraction of sp³-hybridized carbons (Fsp3) is 0.588. The molecule has 0 radical (unpaired) electrons. The quantitative estimate of drug-likeness (QED) is 0.497. The molecule has 1 saturated heterocycles. The molecule has 0 bridgehead atoms. The number of hydrogen-bond donors (Lipinski definition) is 1. The summed E-state index contributed by atoms with van der Waals surface area (Å²) in [4.78, 5) is 7.34. The van der Waals surface area contributed by atoms with Crippen molar-refractivity contribution in [2.75, 3.05) is 39.8 Å². The summed E-state index contributed by atoms with van der Waals surface area (Å²) in [6.07, 6.45) is -4.10. The molecule has 1 unspecified atom stereocenters. The third kappa shape index (κ3) is 5.06. The van der Waals surface area contributed by atoms with Crippen LogP contribution in [0.4, 0.5) is 22.0 Å². The molecule has 1 heterocycles. The maximum absolute atomic E-state index is 13.6. The average Bonchev–Trinajstić information content (AvgIpc) is 2.60. The number of aliphatic imine (C=N–C) groups is 1. The number of hydrogen-bond acceptors (Lipinski definition) is 2. The molecule has 2 rings (SSSR count). The molecular weight excluding hydrogens is 355 g/mol. The van der Waals surface area contributed by atoms with Gasteiger partial charge in [-0.05, 0) is 25.5 Å². The van der Waals surface area contributed by atoms with Crippen molar-refractivity contribution in [2.24, 2.45) is 4.99 Å². The van der Waals surface area contributed by atoms with Crippen molar-refractivity contribution in [3.05, 3.63) is 35.4 Å². The van der Waals surface area contributed by atoms with Crippen LogP contribution in [0.15, 0.2) is 23.2 Å². The highest BCUT2D eigenvalue weighted by Crippen LogP contribution is 2.25. The summed E-state index contributed by atoms with van der Waals surface area (Å²) < 4.78 is 65.6. The van der Waals surface area contributed by atoms with Crippen LogP contribution in [0.1, 0.15) is 12.5 Å². The first-order chi connectivity index (χ1) is 12.2. The summed E-state index contributed by atoms with van der Waals surface area (Å²) in [5, 5.41) is 3.02. The molecule has 1 aliphatic rings. The second-order valence-corrected chi connectivity index (χ2v) is 6.16. The highest BCUT2D eigenvalue weighted by Gasteiger charge is 2.41.